The standard InChI is InChI=1S/C21H13N5OS2/c22-13-14-7-1-3-10-17(14)28-18-11-4-2-8-15(18)19(27)24-21-26-25-20(29-21)16-9-5-6-12-23-16/h1-12H,(H,24,26,27). The fourth-order valence-electron chi connectivity index (χ4n) is 2.54. The van der Waals surface area contributed by atoms with Crippen LogP contribution in [0.25, 0.3) is 10.7 Å². The Hall–Kier alpha value is -3.54. The molecule has 0 aliphatic rings. The molecule has 4 aromatic rings. The smallest absolute Gasteiger partial charge is 0.258 e. The molecule has 0 unspecified atom stereocenters. The first-order chi connectivity index (χ1) is 14.2. The van der Waals surface area contributed by atoms with Gasteiger partial charge in [0.25, 0.3) is 5.91 Å². The van der Waals surface area contributed by atoms with E-state index < -0.39 is 0 Å². The van der Waals surface area contributed by atoms with Crippen LogP contribution in [0.15, 0.2) is 82.7 Å². The molecule has 0 fully saturated rings. The third-order valence-electron chi connectivity index (χ3n) is 3.89. The Bertz CT molecular complexity index is 1200. The number of hydrogen-bond acceptors (Lipinski definition) is 7. The van der Waals surface area contributed by atoms with E-state index in [0.29, 0.717) is 27.0 Å². The molecule has 2 aromatic heterocycles. The number of carbonyl (C=O) groups is 1. The van der Waals surface area contributed by atoms with Crippen LogP contribution < -0.4 is 5.32 Å². The predicted octanol–water partition coefficient (Wildman–Crippen LogP) is 4.88. The monoisotopic (exact) mass is 415 g/mol. The van der Waals surface area contributed by atoms with Crippen LogP contribution >= 0.6 is 23.1 Å². The van der Waals surface area contributed by atoms with Crippen LogP contribution in [0.5, 0.6) is 0 Å². The summed E-state index contributed by atoms with van der Waals surface area (Å²) in [6.07, 6.45) is 1.68. The van der Waals surface area contributed by atoms with E-state index in [1.807, 2.05) is 48.5 Å². The van der Waals surface area contributed by atoms with Crippen molar-refractivity contribution in [3.63, 3.8) is 0 Å². The topological polar surface area (TPSA) is 91.6 Å². The van der Waals surface area contributed by atoms with Crippen molar-refractivity contribution in [3.8, 4) is 16.8 Å². The van der Waals surface area contributed by atoms with Crippen molar-refractivity contribution in [1.29, 1.82) is 5.26 Å². The van der Waals surface area contributed by atoms with Gasteiger partial charge in [0.2, 0.25) is 5.13 Å². The Kier molecular flexibility index (Phi) is 5.61. The summed E-state index contributed by atoms with van der Waals surface area (Å²) in [4.78, 5) is 18.6. The number of amides is 1. The van der Waals surface area contributed by atoms with Crippen molar-refractivity contribution in [2.45, 2.75) is 9.79 Å². The van der Waals surface area contributed by atoms with Gasteiger partial charge in [-0.1, -0.05) is 53.4 Å². The maximum atomic E-state index is 12.9. The molecule has 0 aliphatic heterocycles. The average molecular weight is 416 g/mol. The number of carbonyl (C=O) groups excluding carboxylic acids is 1. The Labute approximate surface area is 175 Å². The Morgan fingerprint density at radius 2 is 1.72 bits per heavy atom. The van der Waals surface area contributed by atoms with Gasteiger partial charge < -0.3 is 0 Å². The molecule has 2 heterocycles. The first kappa shape index (κ1) is 18.8. The highest BCUT2D eigenvalue weighted by molar-refractivity contribution is 7.99. The van der Waals surface area contributed by atoms with Crippen molar-refractivity contribution in [2.75, 3.05) is 5.32 Å². The molecule has 0 atom stereocenters. The summed E-state index contributed by atoms with van der Waals surface area (Å²) in [6.45, 7) is 0. The lowest BCUT2D eigenvalue weighted by Gasteiger charge is -2.09. The van der Waals surface area contributed by atoms with Crippen LogP contribution in [-0.2, 0) is 0 Å². The summed E-state index contributed by atoms with van der Waals surface area (Å²) in [6, 6.07) is 22.3. The minimum Gasteiger partial charge on any atom is -0.296 e. The summed E-state index contributed by atoms with van der Waals surface area (Å²) in [5, 5.41) is 21.3. The summed E-state index contributed by atoms with van der Waals surface area (Å²) in [5.74, 6) is -0.286. The molecule has 29 heavy (non-hydrogen) atoms. The zero-order valence-corrected chi connectivity index (χ0v) is 16.6. The van der Waals surface area contributed by atoms with E-state index in [2.05, 4.69) is 26.6 Å². The van der Waals surface area contributed by atoms with Gasteiger partial charge >= 0.3 is 0 Å². The molecule has 1 N–H and O–H groups in total. The minimum atomic E-state index is -0.286. The van der Waals surface area contributed by atoms with Gasteiger partial charge in [0, 0.05) is 16.0 Å². The van der Waals surface area contributed by atoms with Crippen LogP contribution in [-0.4, -0.2) is 21.1 Å². The predicted molar refractivity (Wildman–Crippen MR) is 113 cm³/mol. The number of aromatic nitrogens is 3. The van der Waals surface area contributed by atoms with E-state index in [0.717, 1.165) is 9.79 Å². The second-order valence-electron chi connectivity index (χ2n) is 5.79. The fourth-order valence-corrected chi connectivity index (χ4v) is 4.28. The number of rotatable bonds is 5. The second kappa shape index (κ2) is 8.65. The van der Waals surface area contributed by atoms with Crippen molar-refractivity contribution in [2.24, 2.45) is 0 Å². The number of pyridine rings is 1. The molecular formula is C21H13N5OS2. The maximum absolute atomic E-state index is 12.9. The van der Waals surface area contributed by atoms with Crippen LogP contribution in [0.4, 0.5) is 5.13 Å². The molecule has 0 saturated heterocycles. The average Bonchev–Trinajstić information content (AvgIpc) is 3.23. The van der Waals surface area contributed by atoms with Crippen molar-refractivity contribution < 1.29 is 4.79 Å². The molecule has 1 amide bonds. The molecular weight excluding hydrogens is 402 g/mol. The summed E-state index contributed by atoms with van der Waals surface area (Å²) >= 11 is 2.64. The van der Waals surface area contributed by atoms with E-state index in [9.17, 15) is 10.1 Å². The normalized spacial score (nSPS) is 10.3. The van der Waals surface area contributed by atoms with Gasteiger partial charge in [-0.25, -0.2) is 0 Å². The van der Waals surface area contributed by atoms with Gasteiger partial charge in [0.15, 0.2) is 5.01 Å². The first-order valence-corrected chi connectivity index (χ1v) is 10.2. The fraction of sp³-hybridized carbons (Fsp3) is 0. The van der Waals surface area contributed by atoms with Crippen LogP contribution in [0.2, 0.25) is 0 Å². The van der Waals surface area contributed by atoms with Crippen LogP contribution in [0, 0.1) is 11.3 Å². The summed E-state index contributed by atoms with van der Waals surface area (Å²) < 4.78 is 0. The summed E-state index contributed by atoms with van der Waals surface area (Å²) in [5.41, 5.74) is 1.77. The van der Waals surface area contributed by atoms with Crippen molar-refractivity contribution in [1.82, 2.24) is 15.2 Å². The van der Waals surface area contributed by atoms with Crippen molar-refractivity contribution >= 4 is 34.1 Å². The molecule has 8 heteroatoms. The third-order valence-corrected chi connectivity index (χ3v) is 5.90. The molecule has 140 valence electrons. The van der Waals surface area contributed by atoms with Crippen LogP contribution in [0.1, 0.15) is 15.9 Å². The third kappa shape index (κ3) is 4.32. The molecule has 0 saturated carbocycles. The van der Waals surface area contributed by atoms with Gasteiger partial charge in [-0.2, -0.15) is 5.26 Å². The van der Waals surface area contributed by atoms with E-state index >= 15 is 0 Å². The number of anilines is 1. The lowest BCUT2D eigenvalue weighted by Crippen LogP contribution is -2.12. The zero-order valence-electron chi connectivity index (χ0n) is 14.9. The Morgan fingerprint density at radius 3 is 2.52 bits per heavy atom. The summed E-state index contributed by atoms with van der Waals surface area (Å²) in [7, 11) is 0. The van der Waals surface area contributed by atoms with Gasteiger partial charge in [-0.15, -0.1) is 10.2 Å². The van der Waals surface area contributed by atoms with E-state index in [1.165, 1.54) is 23.1 Å². The number of nitrogens with zero attached hydrogens (tertiary/aromatic N) is 4. The number of nitriles is 1. The molecule has 2 aromatic carbocycles. The quantitative estimate of drug-likeness (QED) is 0.500. The van der Waals surface area contributed by atoms with E-state index in [4.69, 9.17) is 0 Å². The van der Waals surface area contributed by atoms with Gasteiger partial charge in [-0.05, 0) is 36.4 Å². The largest absolute Gasteiger partial charge is 0.296 e. The number of nitrogens with one attached hydrogen (secondary N) is 1. The highest BCUT2D eigenvalue weighted by Gasteiger charge is 2.16. The SMILES string of the molecule is N#Cc1ccccc1Sc1ccccc1C(=O)Nc1nnc(-c2ccccn2)s1. The van der Waals surface area contributed by atoms with Gasteiger partial charge in [0.05, 0.1) is 11.1 Å². The van der Waals surface area contributed by atoms with Crippen molar-refractivity contribution in [3.05, 3.63) is 84.1 Å². The molecule has 4 rings (SSSR count). The molecule has 0 spiro atoms. The minimum absolute atomic E-state index is 0.286. The first-order valence-electron chi connectivity index (χ1n) is 8.57. The number of hydrogen-bond donors (Lipinski definition) is 1. The van der Waals surface area contributed by atoms with E-state index in [1.54, 1.807) is 24.4 Å². The molecule has 6 nitrogen and oxygen atoms in total. The van der Waals surface area contributed by atoms with E-state index in [-0.39, 0.29) is 5.91 Å². The number of benzene rings is 2. The lowest BCUT2D eigenvalue weighted by atomic mass is 10.2. The highest BCUT2D eigenvalue weighted by atomic mass is 32.2. The Balaban J connectivity index is 1.56. The lowest BCUT2D eigenvalue weighted by molar-refractivity contribution is 0.102. The molecule has 0 radical (unpaired) electrons. The maximum Gasteiger partial charge on any atom is 0.258 e. The van der Waals surface area contributed by atoms with Gasteiger partial charge in [0.1, 0.15) is 11.8 Å². The van der Waals surface area contributed by atoms with Crippen LogP contribution in [0.3, 0.4) is 0 Å². The Morgan fingerprint density at radius 1 is 0.966 bits per heavy atom. The molecule has 0 aliphatic carbocycles. The molecule has 0 bridgehead atoms. The zero-order chi connectivity index (χ0) is 20.1. The van der Waals surface area contributed by atoms with Gasteiger partial charge in [-0.3, -0.25) is 15.1 Å². The second-order valence-corrected chi connectivity index (χ2v) is 7.85. The highest BCUT2D eigenvalue weighted by Crippen LogP contribution is 2.33.